The van der Waals surface area contributed by atoms with Crippen LogP contribution >= 0.6 is 77.2 Å². The van der Waals surface area contributed by atoms with E-state index in [1.54, 1.807) is 73.6 Å². The SMILES string of the molecule is Br.C1=C(c2ccccc2)CCNC1.CC(=O)Nc1ncc(/C=C/C(=O)N2CC=C(c3ccccc3)CC2)cc1CN1CCOCC1.CC(=O)Nc1ncc(/C=C/C(=O)O)cc1CN1CCOCC1.CC(=O)Nc1ncc(/C=C/C(=O)OC(C)(C)C)cc1CN1CCOCC1.CC(=O)Nc1ncc(Br)cc1CN1CCOCC1.Cl.Nc1ncc(Br)cc1C=O.Nc1ncc(Br)cc1CN1CCOCC1.Nc1ncccc1C=O.[HH]. The lowest BCUT2D eigenvalue weighted by molar-refractivity contribution is -0.148. The molecule has 0 unspecified atom stereocenters. The summed E-state index contributed by atoms with van der Waals surface area (Å²) in [5, 5.41) is 23.0. The number of hydrogen-bond acceptors (Lipinski definition) is 31. The highest BCUT2D eigenvalue weighted by molar-refractivity contribution is 9.11. The number of carbonyl (C=O) groups is 9. The van der Waals surface area contributed by atoms with E-state index in [-0.39, 0.29) is 72.0 Å². The van der Waals surface area contributed by atoms with Gasteiger partial charge in [0, 0.05) is 250 Å². The van der Waals surface area contributed by atoms with Gasteiger partial charge in [-0.05, 0) is 194 Å². The molecule has 5 saturated heterocycles. The van der Waals surface area contributed by atoms with Crippen molar-refractivity contribution in [1.82, 2.24) is 69.6 Å². The molecule has 7 aromatic heterocycles. The highest BCUT2D eigenvalue weighted by Crippen LogP contribution is 2.28. The van der Waals surface area contributed by atoms with Gasteiger partial charge < -0.3 is 82.2 Å². The van der Waals surface area contributed by atoms with Gasteiger partial charge in [-0.2, -0.15) is 0 Å². The van der Waals surface area contributed by atoms with Gasteiger partial charge >= 0.3 is 11.9 Å². The molecule has 7 aliphatic heterocycles. The van der Waals surface area contributed by atoms with Crippen molar-refractivity contribution in [2.75, 3.05) is 196 Å². The fourth-order valence-corrected chi connectivity index (χ4v) is 16.0. The Hall–Kier alpha value is -12.0. The van der Waals surface area contributed by atoms with Crippen LogP contribution in [0.5, 0.6) is 0 Å². The normalized spacial score (nSPS) is 15.5. The zero-order valence-corrected chi connectivity index (χ0v) is 91.0. The maximum atomic E-state index is 12.7. The lowest BCUT2D eigenvalue weighted by Gasteiger charge is -2.27. The number of morpholine rings is 5. The molecule has 0 spiro atoms. The fourth-order valence-electron chi connectivity index (χ4n) is 14.9. The lowest BCUT2D eigenvalue weighted by Crippen LogP contribution is -2.36. The van der Waals surface area contributed by atoms with Gasteiger partial charge in [0.15, 0.2) is 12.6 Å². The number of nitrogens with one attached hydrogen (secondary N) is 5. The molecule has 147 heavy (non-hydrogen) atoms. The molecule has 9 aromatic rings. The monoisotopic (exact) mass is 2300 g/mol. The van der Waals surface area contributed by atoms with E-state index in [1.165, 1.54) is 68.3 Å². The van der Waals surface area contributed by atoms with Crippen LogP contribution in [-0.4, -0.2) is 287 Å². The van der Waals surface area contributed by atoms with Crippen LogP contribution in [0.2, 0.25) is 0 Å². The number of halogens is 5. The van der Waals surface area contributed by atoms with Gasteiger partial charge in [-0.1, -0.05) is 72.8 Å². The Labute approximate surface area is 901 Å². The molecule has 0 bridgehead atoms. The molecular formula is C105H134Br4ClN21O16. The average Bonchev–Trinajstić information content (AvgIpc) is 0.842. The van der Waals surface area contributed by atoms with Crippen LogP contribution in [0, 0.1) is 0 Å². The van der Waals surface area contributed by atoms with Gasteiger partial charge in [0.2, 0.25) is 29.5 Å². The molecule has 790 valence electrons. The second-order valence-electron chi connectivity index (χ2n) is 34.7. The molecule has 7 aliphatic rings. The molecule has 0 radical (unpaired) electrons. The number of aldehydes is 2. The summed E-state index contributed by atoms with van der Waals surface area (Å²) >= 11 is 9.97. The molecule has 0 aliphatic carbocycles. The summed E-state index contributed by atoms with van der Waals surface area (Å²) in [6.07, 6.45) is 28.1. The maximum Gasteiger partial charge on any atom is 0.331 e. The molecule has 42 heteroatoms. The van der Waals surface area contributed by atoms with Crippen LogP contribution in [0.4, 0.5) is 40.7 Å². The van der Waals surface area contributed by atoms with Crippen molar-refractivity contribution in [3.8, 4) is 0 Å². The third-order valence-electron chi connectivity index (χ3n) is 22.1. The number of amides is 5. The molecular weight excluding hydrogens is 2170 g/mol. The van der Waals surface area contributed by atoms with Crippen LogP contribution in [0.3, 0.4) is 0 Å². The van der Waals surface area contributed by atoms with E-state index < -0.39 is 17.5 Å². The number of ether oxygens (including phenoxy) is 6. The molecule has 37 nitrogen and oxygen atoms in total. The predicted molar refractivity (Wildman–Crippen MR) is 592 cm³/mol. The quantitative estimate of drug-likeness (QED) is 0.0154. The van der Waals surface area contributed by atoms with Crippen molar-refractivity contribution in [3.63, 3.8) is 0 Å². The van der Waals surface area contributed by atoms with Crippen molar-refractivity contribution in [3.05, 3.63) is 263 Å². The minimum atomic E-state index is -1.01. The number of carbonyl (C=O) groups excluding carboxylic acids is 8. The second kappa shape index (κ2) is 66.3. The van der Waals surface area contributed by atoms with Gasteiger partial charge in [-0.3, -0.25) is 58.1 Å². The third kappa shape index (κ3) is 46.9. The number of nitrogens with two attached hydrogens (primary N) is 3. The highest BCUT2D eigenvalue weighted by atomic mass is 79.9. The first-order chi connectivity index (χ1) is 69.8. The number of carboxylic acids is 1. The topological polar surface area (TPSA) is 477 Å². The average molecular weight is 2300 g/mol. The van der Waals surface area contributed by atoms with Crippen LogP contribution in [0.1, 0.15) is 139 Å². The summed E-state index contributed by atoms with van der Waals surface area (Å²) in [5.41, 5.74) is 29.2. The number of esters is 1. The van der Waals surface area contributed by atoms with Gasteiger partial charge in [0.25, 0.3) is 0 Å². The predicted octanol–water partition coefficient (Wildman–Crippen LogP) is 14.3. The molecule has 0 saturated carbocycles. The van der Waals surface area contributed by atoms with Crippen LogP contribution < -0.4 is 43.8 Å². The number of anilines is 7. The van der Waals surface area contributed by atoms with Crippen molar-refractivity contribution in [1.29, 1.82) is 0 Å². The first-order valence-electron chi connectivity index (χ1n) is 47.4. The summed E-state index contributed by atoms with van der Waals surface area (Å²) in [6.45, 7) is 34.3. The highest BCUT2D eigenvalue weighted by Gasteiger charge is 2.24. The number of pyridine rings is 7. The number of aromatic nitrogens is 7. The Balaban J connectivity index is 0.000000266. The molecule has 5 amide bonds. The van der Waals surface area contributed by atoms with Gasteiger partial charge in [0.1, 0.15) is 46.3 Å². The molecule has 2 aromatic carbocycles. The van der Waals surface area contributed by atoms with Gasteiger partial charge in [-0.25, -0.2) is 44.5 Å². The number of aliphatic carboxylic acids is 1. The van der Waals surface area contributed by atoms with Crippen molar-refractivity contribution in [2.45, 2.75) is 99.6 Å². The Kier molecular flexibility index (Phi) is 55.0. The van der Waals surface area contributed by atoms with E-state index in [0.717, 1.165) is 189 Å². The summed E-state index contributed by atoms with van der Waals surface area (Å²) in [7, 11) is 0. The first-order valence-corrected chi connectivity index (χ1v) is 49.8. The van der Waals surface area contributed by atoms with E-state index in [9.17, 15) is 43.2 Å². The first kappa shape index (κ1) is 122. The van der Waals surface area contributed by atoms with Gasteiger partial charge in [-0.15, -0.1) is 29.4 Å². The number of hydrogen-bond donors (Lipinski definition) is 9. The molecule has 0 atom stereocenters. The molecule has 16 rings (SSSR count). The second-order valence-corrected chi connectivity index (χ2v) is 37.5. The van der Waals surface area contributed by atoms with E-state index >= 15 is 0 Å². The lowest BCUT2D eigenvalue weighted by atomic mass is 9.99. The minimum absolute atomic E-state index is 0. The van der Waals surface area contributed by atoms with E-state index in [1.807, 2.05) is 74.2 Å². The smallest absolute Gasteiger partial charge is 0.331 e. The van der Waals surface area contributed by atoms with E-state index in [4.69, 9.17) is 50.7 Å². The van der Waals surface area contributed by atoms with E-state index in [2.05, 4.69) is 188 Å². The largest absolute Gasteiger partial charge is 0.478 e. The minimum Gasteiger partial charge on any atom is -0.478 e. The maximum absolute atomic E-state index is 12.7. The number of nitrogens with zero attached hydrogens (tertiary/aromatic N) is 13. The Bertz CT molecular complexity index is 5890. The number of nitrogen functional groups attached to an aromatic ring is 3. The Morgan fingerprint density at radius 3 is 1.14 bits per heavy atom. The zero-order valence-electron chi connectivity index (χ0n) is 83.7. The standard InChI is InChI=1S/C26H30N4O3.C19H27N3O4.C15H19N3O4.C12H16BrN3O2.C11H13N.C10H14BrN3O.C6H5BrN2O.C6H6N2O.BrH.ClH.H2/c1-20(31)28-26-24(19-29-13-15-33-16-14-29)17-21(18-27-26)7-8-25(32)30-11-9-23(10-12-30)22-5-3-2-4-6-22;1-14(23)21-18-16(13-22-7-9-25-10-8-22)11-15(12-20-18)5-6-17(24)26-19(2,3)4;1-11(19)17-15-13(10-18-4-6-22-7-5-18)8-12(9-16-15)2-3-14(20)21;1-9(17)15-12-10(6-11(13)7-14-12)8-16-2-4-18-5-3-16;1-2-4-10(5-3-1)11-6-8-12-9-7-11;11-9-5-8(10(12)13-6-9)7-14-1-3-15-4-2-14;7-5-1-4(3-10)6(8)9-2-5;7-6-5(4-9)2-1-3-8-6;;;/h2-9,17-18H,10-16,19H2,1H3,(H,27,28,31);5-6,11-12H,7-10,13H2,1-4H3,(H,20,21,23);2-3,8-9H,4-7,10H2,1H3,(H,20,21)(H,16,17,19);6-7H,2-5,8H2,1H3,(H,14,15,17);1-6,12H,7-9H2;5-6H,1-4,7H2,(H2,12,13);1-3H,(H2,8,9);1-4H,(H2,7,8);3*1H/b8-7+;6-5+;3-2+;;;;;;;;. The van der Waals surface area contributed by atoms with Crippen molar-refractivity contribution >= 4 is 201 Å². The van der Waals surface area contributed by atoms with Crippen molar-refractivity contribution < 1.29 is 78.1 Å². The number of rotatable bonds is 24. The summed E-state index contributed by atoms with van der Waals surface area (Å²) in [6, 6.07) is 35.6. The summed E-state index contributed by atoms with van der Waals surface area (Å²) < 4.78 is 34.6. The molecule has 5 fully saturated rings. The zero-order chi connectivity index (χ0) is 104. The van der Waals surface area contributed by atoms with E-state index in [0.29, 0.717) is 131 Å². The third-order valence-corrected chi connectivity index (χ3v) is 23.4. The van der Waals surface area contributed by atoms with Crippen LogP contribution in [0.25, 0.3) is 29.4 Å². The fraction of sp³-hybridized carbons (Fsp3) is 0.371. The summed E-state index contributed by atoms with van der Waals surface area (Å²) in [5.74, 6) is 1.36. The Morgan fingerprint density at radius 1 is 0.435 bits per heavy atom. The van der Waals surface area contributed by atoms with Crippen molar-refractivity contribution in [2.24, 2.45) is 0 Å². The van der Waals surface area contributed by atoms with Gasteiger partial charge in [0.05, 0.1) is 77.2 Å². The van der Waals surface area contributed by atoms with Crippen LogP contribution in [0.15, 0.2) is 196 Å². The Morgan fingerprint density at radius 2 is 0.789 bits per heavy atom. The number of carboxylic acid groups (broad SMARTS) is 1. The molecule has 14 heterocycles. The van der Waals surface area contributed by atoms with Crippen LogP contribution in [-0.2, 0) is 94.7 Å². The summed E-state index contributed by atoms with van der Waals surface area (Å²) in [4.78, 5) is 143. The number of benzene rings is 2. The molecule has 12 N–H and O–H groups in total.